The highest BCUT2D eigenvalue weighted by molar-refractivity contribution is 8.93. The van der Waals surface area contributed by atoms with Crippen molar-refractivity contribution >= 4 is 28.6 Å². The summed E-state index contributed by atoms with van der Waals surface area (Å²) < 4.78 is 0. The number of aromatic amines is 1. The van der Waals surface area contributed by atoms with Crippen LogP contribution in [0.25, 0.3) is 11.1 Å². The van der Waals surface area contributed by atoms with Crippen LogP contribution < -0.4 is 0 Å². The number of imidazole rings is 1. The van der Waals surface area contributed by atoms with E-state index in [0.717, 1.165) is 45.2 Å². The molecule has 0 spiro atoms. The molecule has 0 bridgehead atoms. The molecule has 5 heteroatoms. The van der Waals surface area contributed by atoms with Gasteiger partial charge in [-0.2, -0.15) is 5.26 Å². The van der Waals surface area contributed by atoms with Crippen molar-refractivity contribution in [2.24, 2.45) is 0 Å². The van der Waals surface area contributed by atoms with Crippen molar-refractivity contribution in [1.82, 2.24) is 9.97 Å². The first-order valence-electron chi connectivity index (χ1n) is 9.07. The first-order chi connectivity index (χ1) is 13.7. The van der Waals surface area contributed by atoms with E-state index in [9.17, 15) is 0 Å². The van der Waals surface area contributed by atoms with Gasteiger partial charge in [0.15, 0.2) is 0 Å². The Hall–Kier alpha value is -2.87. The molecule has 0 saturated carbocycles. The molecule has 1 N–H and O–H groups in total. The van der Waals surface area contributed by atoms with Gasteiger partial charge in [-0.3, -0.25) is 0 Å². The highest BCUT2D eigenvalue weighted by Gasteiger charge is 2.07. The molecule has 0 aliphatic rings. The molecule has 0 aliphatic carbocycles. The fraction of sp³-hybridized carbons (Fsp3) is 0.0833. The van der Waals surface area contributed by atoms with Gasteiger partial charge in [0.1, 0.15) is 5.82 Å². The van der Waals surface area contributed by atoms with E-state index in [1.807, 2.05) is 54.7 Å². The molecule has 0 aliphatic heterocycles. The third-order valence-corrected chi connectivity index (χ3v) is 4.96. The third kappa shape index (κ3) is 5.14. The van der Waals surface area contributed by atoms with Crippen LogP contribution in [0, 0.1) is 11.3 Å². The van der Waals surface area contributed by atoms with Crippen molar-refractivity contribution in [2.75, 3.05) is 0 Å². The molecule has 3 nitrogen and oxygen atoms in total. The number of nitrogens with zero attached hydrogens (tertiary/aromatic N) is 2. The molecule has 3 aromatic carbocycles. The second-order valence-electron chi connectivity index (χ2n) is 6.70. The van der Waals surface area contributed by atoms with Crippen molar-refractivity contribution in [2.45, 2.75) is 12.8 Å². The summed E-state index contributed by atoms with van der Waals surface area (Å²) in [6.07, 6.45) is 3.32. The monoisotopic (exact) mass is 463 g/mol. The molecule has 0 fully saturated rings. The van der Waals surface area contributed by atoms with Gasteiger partial charge in [0.2, 0.25) is 0 Å². The molecule has 0 radical (unpaired) electrons. The largest absolute Gasteiger partial charge is 0.345 e. The molecule has 0 amide bonds. The second kappa shape index (κ2) is 9.56. The van der Waals surface area contributed by atoms with Crippen LogP contribution in [0.15, 0.2) is 79.0 Å². The Bertz CT molecular complexity index is 1130. The Morgan fingerprint density at radius 3 is 2.31 bits per heavy atom. The molecule has 0 unspecified atom stereocenters. The normalized spacial score (nSPS) is 10.2. The highest BCUT2D eigenvalue weighted by Crippen LogP contribution is 2.29. The molecule has 144 valence electrons. The maximum Gasteiger partial charge on any atom is 0.110 e. The van der Waals surface area contributed by atoms with Crippen LogP contribution in [0.2, 0.25) is 5.02 Å². The van der Waals surface area contributed by atoms with Crippen LogP contribution in [0.1, 0.15) is 28.2 Å². The summed E-state index contributed by atoms with van der Waals surface area (Å²) in [6.45, 7) is 0. The maximum atomic E-state index is 8.89. The van der Waals surface area contributed by atoms with Gasteiger partial charge in [-0.25, -0.2) is 4.98 Å². The van der Waals surface area contributed by atoms with Crippen LogP contribution in [-0.2, 0) is 12.8 Å². The molecule has 1 aromatic heterocycles. The topological polar surface area (TPSA) is 52.5 Å². The number of benzene rings is 3. The maximum absolute atomic E-state index is 8.89. The summed E-state index contributed by atoms with van der Waals surface area (Å²) in [5, 5.41) is 9.63. The molecule has 4 rings (SSSR count). The Kier molecular flexibility index (Phi) is 6.87. The number of hydrogen-bond acceptors (Lipinski definition) is 2. The lowest BCUT2D eigenvalue weighted by Gasteiger charge is -2.07. The zero-order valence-electron chi connectivity index (χ0n) is 15.6. The van der Waals surface area contributed by atoms with E-state index in [4.69, 9.17) is 16.9 Å². The minimum absolute atomic E-state index is 0. The molecule has 1 heterocycles. The van der Waals surface area contributed by atoms with Gasteiger partial charge < -0.3 is 4.98 Å². The molecule has 4 aromatic rings. The highest BCUT2D eigenvalue weighted by atomic mass is 79.9. The van der Waals surface area contributed by atoms with Crippen molar-refractivity contribution in [3.63, 3.8) is 0 Å². The van der Waals surface area contributed by atoms with Gasteiger partial charge in [0.05, 0.1) is 11.6 Å². The smallest absolute Gasteiger partial charge is 0.110 e. The van der Waals surface area contributed by atoms with Crippen LogP contribution >= 0.6 is 28.6 Å². The molecule has 0 atom stereocenters. The number of hydrogen-bond donors (Lipinski definition) is 1. The first-order valence-corrected chi connectivity index (χ1v) is 9.45. The Morgan fingerprint density at radius 2 is 1.62 bits per heavy atom. The average Bonchev–Trinajstić information content (AvgIpc) is 3.16. The number of H-pyrrole nitrogens is 1. The summed E-state index contributed by atoms with van der Waals surface area (Å²) in [5.74, 6) is 0.909. The van der Waals surface area contributed by atoms with Crippen LogP contribution in [0.4, 0.5) is 0 Å². The fourth-order valence-electron chi connectivity index (χ4n) is 3.22. The van der Waals surface area contributed by atoms with E-state index in [1.54, 1.807) is 0 Å². The van der Waals surface area contributed by atoms with Crippen LogP contribution in [0.5, 0.6) is 0 Å². The van der Waals surface area contributed by atoms with Gasteiger partial charge in [-0.15, -0.1) is 17.0 Å². The molecule has 29 heavy (non-hydrogen) atoms. The zero-order valence-corrected chi connectivity index (χ0v) is 18.1. The lowest BCUT2D eigenvalue weighted by Crippen LogP contribution is -1.93. The van der Waals surface area contributed by atoms with E-state index < -0.39 is 0 Å². The Balaban J connectivity index is 0.00000240. The van der Waals surface area contributed by atoms with E-state index in [-0.39, 0.29) is 17.0 Å². The number of halogens is 2. The third-order valence-electron chi connectivity index (χ3n) is 4.65. The molecular weight excluding hydrogens is 446 g/mol. The Labute approximate surface area is 185 Å². The SMILES string of the molecule is Br.N#Cc1ccc(Cc2cnc(Cc3ccc(-c4ccccc4)c(Cl)c3)[nH]2)cc1. The van der Waals surface area contributed by atoms with Gasteiger partial charge in [-0.05, 0) is 34.9 Å². The molecular formula is C24H19BrClN3. The number of rotatable bonds is 5. The predicted molar refractivity (Wildman–Crippen MR) is 123 cm³/mol. The van der Waals surface area contributed by atoms with Crippen molar-refractivity contribution in [3.8, 4) is 17.2 Å². The Morgan fingerprint density at radius 1 is 0.897 bits per heavy atom. The van der Waals surface area contributed by atoms with Gasteiger partial charge in [-0.1, -0.05) is 66.2 Å². The minimum atomic E-state index is 0. The number of nitrogens with one attached hydrogen (secondary N) is 1. The van der Waals surface area contributed by atoms with E-state index in [1.165, 1.54) is 0 Å². The second-order valence-corrected chi connectivity index (χ2v) is 7.10. The van der Waals surface area contributed by atoms with Crippen molar-refractivity contribution in [3.05, 3.63) is 112 Å². The lowest BCUT2D eigenvalue weighted by molar-refractivity contribution is 1.000. The van der Waals surface area contributed by atoms with Crippen LogP contribution in [-0.4, -0.2) is 9.97 Å². The first kappa shape index (κ1) is 20.9. The van der Waals surface area contributed by atoms with E-state index in [2.05, 4.69) is 40.3 Å². The number of aromatic nitrogens is 2. The minimum Gasteiger partial charge on any atom is -0.345 e. The van der Waals surface area contributed by atoms with Crippen molar-refractivity contribution < 1.29 is 0 Å². The van der Waals surface area contributed by atoms with E-state index >= 15 is 0 Å². The average molecular weight is 465 g/mol. The fourth-order valence-corrected chi connectivity index (χ4v) is 3.53. The summed E-state index contributed by atoms with van der Waals surface area (Å²) in [7, 11) is 0. The van der Waals surface area contributed by atoms with Gasteiger partial charge in [0.25, 0.3) is 0 Å². The zero-order chi connectivity index (χ0) is 19.3. The summed E-state index contributed by atoms with van der Waals surface area (Å²) >= 11 is 6.51. The molecule has 0 saturated heterocycles. The van der Waals surface area contributed by atoms with E-state index in [0.29, 0.717) is 12.0 Å². The quantitative estimate of drug-likeness (QED) is 0.373. The predicted octanol–water partition coefficient (Wildman–Crippen LogP) is 6.36. The van der Waals surface area contributed by atoms with Gasteiger partial charge >= 0.3 is 0 Å². The number of nitriles is 1. The summed E-state index contributed by atoms with van der Waals surface area (Å²) in [6, 6.07) is 26.1. The standard InChI is InChI=1S/C24H18ClN3.BrH/c25-23-13-19(10-11-22(23)20-4-2-1-3-5-20)14-24-27-16-21(28-24)12-17-6-8-18(15-26)9-7-17;/h1-11,13,16H,12,14H2,(H,27,28);1H. The summed E-state index contributed by atoms with van der Waals surface area (Å²) in [5.41, 5.74) is 6.12. The van der Waals surface area contributed by atoms with Crippen LogP contribution in [0.3, 0.4) is 0 Å². The summed E-state index contributed by atoms with van der Waals surface area (Å²) in [4.78, 5) is 7.89. The van der Waals surface area contributed by atoms with Crippen molar-refractivity contribution in [1.29, 1.82) is 5.26 Å². The van der Waals surface area contributed by atoms with Gasteiger partial charge in [0, 0.05) is 35.3 Å². The lowest BCUT2D eigenvalue weighted by atomic mass is 10.0.